The number of aryl methyl sites for hydroxylation is 1. The van der Waals surface area contributed by atoms with E-state index in [1.807, 2.05) is 57.1 Å². The van der Waals surface area contributed by atoms with Gasteiger partial charge in [0.15, 0.2) is 5.30 Å². The van der Waals surface area contributed by atoms with E-state index in [4.69, 9.17) is 4.74 Å². The smallest absolute Gasteiger partial charge is 0.378 e. The lowest BCUT2D eigenvalue weighted by Gasteiger charge is -2.34. The summed E-state index contributed by atoms with van der Waals surface area (Å²) in [6.45, 7) is 7.17. The van der Waals surface area contributed by atoms with Crippen LogP contribution in [0.3, 0.4) is 0 Å². The molecule has 0 aromatic heterocycles. The lowest BCUT2D eigenvalue weighted by Crippen LogP contribution is -2.51. The molecular formula is C24H32N2O3P+. The first-order chi connectivity index (χ1) is 14.4. The number of hydrogen-bond donors (Lipinski definition) is 0. The molecule has 1 saturated heterocycles. The molecule has 6 heteroatoms. The Balaban J connectivity index is 1.82. The number of carbonyl (C=O) groups excluding carboxylic acids is 1. The number of benzene rings is 2. The molecule has 1 heterocycles. The summed E-state index contributed by atoms with van der Waals surface area (Å²) in [6.07, 6.45) is 1.14. The van der Waals surface area contributed by atoms with Crippen LogP contribution in [-0.4, -0.2) is 56.4 Å². The minimum atomic E-state index is -2.17. The van der Waals surface area contributed by atoms with Crippen LogP contribution in [0.4, 0.5) is 5.69 Å². The summed E-state index contributed by atoms with van der Waals surface area (Å²) in [5, 5.41) is 0.593. The standard InChI is InChI=1S/C24H32N2O3P/c1-5-24(25(3)4,18-20-8-6-19(2)7-9-20)23(27)30(28)22-12-10-21(11-13-22)26-14-16-29-17-15-26/h6-13H,5,14-18H2,1-4H3/q+1. The second kappa shape index (κ2) is 9.82. The van der Waals surface area contributed by atoms with E-state index in [-0.39, 0.29) is 5.52 Å². The molecule has 30 heavy (non-hydrogen) atoms. The van der Waals surface area contributed by atoms with Crippen molar-refractivity contribution >= 4 is 24.3 Å². The van der Waals surface area contributed by atoms with Crippen molar-refractivity contribution < 1.29 is 14.1 Å². The molecule has 0 radical (unpaired) electrons. The molecule has 1 aliphatic rings. The lowest BCUT2D eigenvalue weighted by molar-refractivity contribution is -0.121. The van der Waals surface area contributed by atoms with Gasteiger partial charge in [0, 0.05) is 25.2 Å². The normalized spacial score (nSPS) is 17.0. The number of hydrogen-bond acceptors (Lipinski definition) is 5. The second-order valence-corrected chi connectivity index (χ2v) is 9.67. The van der Waals surface area contributed by atoms with Crippen LogP contribution in [-0.2, 0) is 20.5 Å². The van der Waals surface area contributed by atoms with Gasteiger partial charge in [0.05, 0.1) is 13.2 Å². The van der Waals surface area contributed by atoms with Gasteiger partial charge in [0.2, 0.25) is 0 Å². The Labute approximate surface area is 180 Å². The van der Waals surface area contributed by atoms with E-state index >= 15 is 0 Å². The van der Waals surface area contributed by atoms with Gasteiger partial charge in [-0.05, 0) is 57.3 Å². The summed E-state index contributed by atoms with van der Waals surface area (Å²) in [6, 6.07) is 15.8. The van der Waals surface area contributed by atoms with Gasteiger partial charge >= 0.3 is 13.3 Å². The van der Waals surface area contributed by atoms with Gasteiger partial charge in [0.1, 0.15) is 5.54 Å². The zero-order valence-corrected chi connectivity index (χ0v) is 19.3. The van der Waals surface area contributed by atoms with Gasteiger partial charge in [-0.25, -0.2) is 4.79 Å². The molecule has 1 aliphatic heterocycles. The topological polar surface area (TPSA) is 49.9 Å². The van der Waals surface area contributed by atoms with Crippen molar-refractivity contribution in [3.8, 4) is 0 Å². The Morgan fingerprint density at radius 3 is 2.20 bits per heavy atom. The number of morpholine rings is 1. The number of likely N-dealkylation sites (N-methyl/N-ethyl adjacent to an activating group) is 1. The number of anilines is 1. The Morgan fingerprint density at radius 1 is 1.07 bits per heavy atom. The summed E-state index contributed by atoms with van der Waals surface area (Å²) < 4.78 is 18.7. The Morgan fingerprint density at radius 2 is 1.67 bits per heavy atom. The maximum Gasteiger partial charge on any atom is 0.455 e. The predicted molar refractivity (Wildman–Crippen MR) is 123 cm³/mol. The predicted octanol–water partition coefficient (Wildman–Crippen LogP) is 3.76. The lowest BCUT2D eigenvalue weighted by atomic mass is 9.88. The largest absolute Gasteiger partial charge is 0.455 e. The Hall–Kier alpha value is -2.07. The van der Waals surface area contributed by atoms with Crippen LogP contribution < -0.4 is 10.2 Å². The molecule has 2 atom stereocenters. The average Bonchev–Trinajstić information content (AvgIpc) is 2.78. The fourth-order valence-electron chi connectivity index (χ4n) is 3.99. The molecule has 0 amide bonds. The van der Waals surface area contributed by atoms with E-state index in [9.17, 15) is 9.36 Å². The van der Waals surface area contributed by atoms with E-state index in [1.54, 1.807) is 0 Å². The zero-order chi connectivity index (χ0) is 21.7. The van der Waals surface area contributed by atoms with E-state index in [2.05, 4.69) is 29.2 Å². The molecule has 0 spiro atoms. The van der Waals surface area contributed by atoms with E-state index in [1.165, 1.54) is 5.56 Å². The monoisotopic (exact) mass is 427 g/mol. The summed E-state index contributed by atoms with van der Waals surface area (Å²) in [5.41, 5.74) is 2.33. The van der Waals surface area contributed by atoms with E-state index in [0.29, 0.717) is 18.1 Å². The third-order valence-corrected chi connectivity index (χ3v) is 7.65. The summed E-state index contributed by atoms with van der Waals surface area (Å²) in [7, 11) is 1.64. The number of carbonyl (C=O) groups is 1. The molecule has 5 nitrogen and oxygen atoms in total. The van der Waals surface area contributed by atoms with Crippen molar-refractivity contribution in [2.24, 2.45) is 0 Å². The van der Waals surface area contributed by atoms with Gasteiger partial charge in [-0.3, -0.25) is 4.90 Å². The SMILES string of the molecule is CCC(Cc1ccc(C)cc1)(C(=O)[P+](=O)c1ccc(N2CCOCC2)cc1)N(C)C. The van der Waals surface area contributed by atoms with Crippen LogP contribution in [0.5, 0.6) is 0 Å². The van der Waals surface area contributed by atoms with Crippen LogP contribution in [0.2, 0.25) is 0 Å². The summed E-state index contributed by atoms with van der Waals surface area (Å²) >= 11 is 0. The minimum Gasteiger partial charge on any atom is -0.378 e. The zero-order valence-electron chi connectivity index (χ0n) is 18.4. The first-order valence-electron chi connectivity index (χ1n) is 10.5. The van der Waals surface area contributed by atoms with Crippen molar-refractivity contribution in [1.82, 2.24) is 4.90 Å². The van der Waals surface area contributed by atoms with Gasteiger partial charge in [-0.2, -0.15) is 0 Å². The molecule has 0 aliphatic carbocycles. The first kappa shape index (κ1) is 22.6. The molecule has 2 aromatic rings. The van der Waals surface area contributed by atoms with Gasteiger partial charge < -0.3 is 9.64 Å². The fourth-order valence-corrected chi connectivity index (χ4v) is 5.46. The van der Waals surface area contributed by atoms with Crippen molar-refractivity contribution in [3.05, 3.63) is 59.7 Å². The molecule has 3 rings (SSSR count). The number of rotatable bonds is 8. The third-order valence-electron chi connectivity index (χ3n) is 6.10. The fraction of sp³-hybridized carbons (Fsp3) is 0.458. The molecular weight excluding hydrogens is 395 g/mol. The number of ether oxygens (including phenoxy) is 1. The first-order valence-corrected chi connectivity index (χ1v) is 11.8. The molecule has 2 aromatic carbocycles. The van der Waals surface area contributed by atoms with Crippen molar-refractivity contribution in [1.29, 1.82) is 0 Å². The third kappa shape index (κ3) is 4.80. The highest BCUT2D eigenvalue weighted by Gasteiger charge is 2.51. The summed E-state index contributed by atoms with van der Waals surface area (Å²) in [5.74, 6) is 0. The van der Waals surface area contributed by atoms with E-state index in [0.717, 1.165) is 37.6 Å². The van der Waals surface area contributed by atoms with Gasteiger partial charge in [-0.1, -0.05) is 41.3 Å². The molecule has 1 fully saturated rings. The highest BCUT2D eigenvalue weighted by atomic mass is 31.1. The average molecular weight is 428 g/mol. The van der Waals surface area contributed by atoms with Crippen LogP contribution in [0, 0.1) is 6.92 Å². The van der Waals surface area contributed by atoms with E-state index < -0.39 is 13.3 Å². The van der Waals surface area contributed by atoms with Crippen molar-refractivity contribution in [2.45, 2.75) is 32.2 Å². The molecule has 0 bridgehead atoms. The maximum atomic E-state index is 13.5. The second-order valence-electron chi connectivity index (χ2n) is 8.16. The van der Waals surface area contributed by atoms with Gasteiger partial charge in [-0.15, -0.1) is 0 Å². The Bertz CT molecular complexity index is 874. The van der Waals surface area contributed by atoms with Crippen LogP contribution in [0.1, 0.15) is 24.5 Å². The number of nitrogens with zero attached hydrogens (tertiary/aromatic N) is 2. The van der Waals surface area contributed by atoms with Crippen LogP contribution in [0.25, 0.3) is 0 Å². The van der Waals surface area contributed by atoms with Crippen LogP contribution >= 0.6 is 7.80 Å². The molecule has 0 saturated carbocycles. The minimum absolute atomic E-state index is 0.204. The van der Waals surface area contributed by atoms with Gasteiger partial charge in [0.25, 0.3) is 0 Å². The molecule has 2 unspecified atom stereocenters. The molecule has 0 N–H and O–H groups in total. The van der Waals surface area contributed by atoms with Crippen molar-refractivity contribution in [3.63, 3.8) is 0 Å². The maximum absolute atomic E-state index is 13.5. The van der Waals surface area contributed by atoms with Crippen molar-refractivity contribution in [2.75, 3.05) is 45.3 Å². The quantitative estimate of drug-likeness (QED) is 0.601. The highest BCUT2D eigenvalue weighted by Crippen LogP contribution is 2.36. The highest BCUT2D eigenvalue weighted by molar-refractivity contribution is 7.71. The Kier molecular flexibility index (Phi) is 7.41. The molecule has 160 valence electrons. The summed E-state index contributed by atoms with van der Waals surface area (Å²) in [4.78, 5) is 17.7. The van der Waals surface area contributed by atoms with Crippen LogP contribution in [0.15, 0.2) is 48.5 Å².